The predicted molar refractivity (Wildman–Crippen MR) is 74.8 cm³/mol. The molecule has 0 aliphatic heterocycles. The van der Waals surface area contributed by atoms with E-state index in [1.165, 1.54) is 7.05 Å². The SMILES string of the molecule is CCC(=O)C1CCC(C(=O)NC)C(CC(F)(F)S(=O)(=O)O)C1. The Morgan fingerprint density at radius 2 is 1.91 bits per heavy atom. The topological polar surface area (TPSA) is 101 Å². The highest BCUT2D eigenvalue weighted by molar-refractivity contribution is 7.86. The van der Waals surface area contributed by atoms with Crippen molar-refractivity contribution in [2.45, 2.75) is 44.3 Å². The quantitative estimate of drug-likeness (QED) is 0.715. The molecule has 3 atom stereocenters. The molecule has 0 radical (unpaired) electrons. The van der Waals surface area contributed by atoms with Gasteiger partial charge in [-0.05, 0) is 25.2 Å². The Morgan fingerprint density at radius 1 is 1.32 bits per heavy atom. The lowest BCUT2D eigenvalue weighted by molar-refractivity contribution is -0.132. The number of hydrogen-bond acceptors (Lipinski definition) is 4. The molecule has 6 nitrogen and oxygen atoms in total. The van der Waals surface area contributed by atoms with Crippen molar-refractivity contribution in [2.24, 2.45) is 17.8 Å². The minimum atomic E-state index is -5.55. The molecular weight excluding hydrogens is 320 g/mol. The minimum absolute atomic E-state index is 0.0237. The first kappa shape index (κ1) is 19.0. The van der Waals surface area contributed by atoms with Gasteiger partial charge < -0.3 is 5.32 Å². The normalized spacial score (nSPS) is 26.5. The molecule has 0 aromatic rings. The highest BCUT2D eigenvalue weighted by atomic mass is 32.2. The van der Waals surface area contributed by atoms with E-state index in [-0.39, 0.29) is 25.0 Å². The zero-order valence-corrected chi connectivity index (χ0v) is 13.3. The van der Waals surface area contributed by atoms with Crippen molar-refractivity contribution in [3.63, 3.8) is 0 Å². The molecule has 0 spiro atoms. The van der Waals surface area contributed by atoms with Crippen molar-refractivity contribution in [1.82, 2.24) is 5.32 Å². The second kappa shape index (κ2) is 6.99. The van der Waals surface area contributed by atoms with Gasteiger partial charge in [0.2, 0.25) is 5.91 Å². The predicted octanol–water partition coefficient (Wildman–Crippen LogP) is 1.61. The maximum Gasteiger partial charge on any atom is 0.370 e. The van der Waals surface area contributed by atoms with Crippen molar-refractivity contribution in [2.75, 3.05) is 7.05 Å². The number of amides is 1. The van der Waals surface area contributed by atoms with E-state index in [9.17, 15) is 26.8 Å². The Kier molecular flexibility index (Phi) is 6.03. The van der Waals surface area contributed by atoms with Gasteiger partial charge in [0.15, 0.2) is 0 Å². The van der Waals surface area contributed by atoms with Crippen molar-refractivity contribution >= 4 is 21.8 Å². The first-order chi connectivity index (χ1) is 10.0. The fraction of sp³-hybridized carbons (Fsp3) is 0.846. The molecule has 0 aromatic carbocycles. The summed E-state index contributed by atoms with van der Waals surface area (Å²) in [5.41, 5.74) is 0. The van der Waals surface area contributed by atoms with E-state index in [0.717, 1.165) is 0 Å². The fourth-order valence-electron chi connectivity index (χ4n) is 3.01. The van der Waals surface area contributed by atoms with Gasteiger partial charge in [0.1, 0.15) is 5.78 Å². The summed E-state index contributed by atoms with van der Waals surface area (Å²) in [6, 6.07) is 0. The molecule has 0 heterocycles. The third-order valence-corrected chi connectivity index (χ3v) is 5.17. The van der Waals surface area contributed by atoms with E-state index in [1.807, 2.05) is 0 Å². The van der Waals surface area contributed by atoms with Crippen molar-refractivity contribution in [3.8, 4) is 0 Å². The van der Waals surface area contributed by atoms with Gasteiger partial charge in [0.05, 0.1) is 0 Å². The highest BCUT2D eigenvalue weighted by Crippen LogP contribution is 2.42. The number of carbonyl (C=O) groups is 2. The molecule has 1 fully saturated rings. The van der Waals surface area contributed by atoms with Crippen LogP contribution >= 0.6 is 0 Å². The summed E-state index contributed by atoms with van der Waals surface area (Å²) in [7, 11) is -4.19. The summed E-state index contributed by atoms with van der Waals surface area (Å²) < 4.78 is 57.4. The van der Waals surface area contributed by atoms with E-state index >= 15 is 0 Å². The summed E-state index contributed by atoms with van der Waals surface area (Å²) in [4.78, 5) is 23.6. The van der Waals surface area contributed by atoms with Crippen LogP contribution in [-0.2, 0) is 19.7 Å². The van der Waals surface area contributed by atoms with Crippen LogP contribution in [0.25, 0.3) is 0 Å². The maximum absolute atomic E-state index is 13.6. The summed E-state index contributed by atoms with van der Waals surface area (Å²) in [6.45, 7) is 1.66. The van der Waals surface area contributed by atoms with Gasteiger partial charge in [-0.2, -0.15) is 17.2 Å². The third kappa shape index (κ3) is 4.22. The number of Topliss-reactive ketones (excluding diaryl/α,β-unsaturated/α-hetero) is 1. The smallest absolute Gasteiger partial charge is 0.359 e. The monoisotopic (exact) mass is 341 g/mol. The van der Waals surface area contributed by atoms with Gasteiger partial charge in [-0.15, -0.1) is 0 Å². The van der Waals surface area contributed by atoms with Crippen LogP contribution in [-0.4, -0.2) is 37.0 Å². The van der Waals surface area contributed by atoms with E-state index in [0.29, 0.717) is 6.42 Å². The molecule has 1 saturated carbocycles. The number of hydrogen-bond donors (Lipinski definition) is 2. The van der Waals surface area contributed by atoms with Crippen LogP contribution in [0.1, 0.15) is 39.0 Å². The maximum atomic E-state index is 13.6. The Bertz CT molecular complexity index is 535. The zero-order chi connectivity index (χ0) is 17.1. The molecule has 1 aliphatic rings. The number of rotatable bonds is 6. The molecule has 128 valence electrons. The van der Waals surface area contributed by atoms with Crippen LogP contribution in [0.4, 0.5) is 8.78 Å². The lowest BCUT2D eigenvalue weighted by Crippen LogP contribution is -2.42. The third-order valence-electron chi connectivity index (χ3n) is 4.25. The van der Waals surface area contributed by atoms with Crippen LogP contribution in [0.15, 0.2) is 0 Å². The van der Waals surface area contributed by atoms with Crippen LogP contribution in [0.5, 0.6) is 0 Å². The summed E-state index contributed by atoms with van der Waals surface area (Å²) in [5.74, 6) is -2.77. The van der Waals surface area contributed by atoms with Crippen LogP contribution < -0.4 is 5.32 Å². The van der Waals surface area contributed by atoms with Gasteiger partial charge in [0.25, 0.3) is 0 Å². The van der Waals surface area contributed by atoms with Gasteiger partial charge in [0, 0.05) is 31.7 Å². The molecule has 22 heavy (non-hydrogen) atoms. The van der Waals surface area contributed by atoms with Crippen LogP contribution in [0.2, 0.25) is 0 Å². The number of ketones is 1. The lowest BCUT2D eigenvalue weighted by Gasteiger charge is -2.35. The molecule has 9 heteroatoms. The number of halogens is 2. The van der Waals surface area contributed by atoms with Crippen LogP contribution in [0.3, 0.4) is 0 Å². The summed E-state index contributed by atoms with van der Waals surface area (Å²) >= 11 is 0. The first-order valence-electron chi connectivity index (χ1n) is 7.12. The Balaban J connectivity index is 3.00. The van der Waals surface area contributed by atoms with E-state index in [4.69, 9.17) is 4.55 Å². The average molecular weight is 341 g/mol. The van der Waals surface area contributed by atoms with E-state index < -0.39 is 45.5 Å². The van der Waals surface area contributed by atoms with Crippen molar-refractivity contribution in [1.29, 1.82) is 0 Å². The molecule has 1 aliphatic carbocycles. The molecule has 2 N–H and O–H groups in total. The van der Waals surface area contributed by atoms with Gasteiger partial charge in [-0.3, -0.25) is 14.1 Å². The number of carbonyl (C=O) groups excluding carboxylic acids is 2. The largest absolute Gasteiger partial charge is 0.370 e. The van der Waals surface area contributed by atoms with Crippen LogP contribution in [0, 0.1) is 17.8 Å². The second-order valence-corrected chi connectivity index (χ2v) is 7.17. The van der Waals surface area contributed by atoms with Crippen molar-refractivity contribution < 1.29 is 31.3 Å². The van der Waals surface area contributed by atoms with Gasteiger partial charge in [-0.1, -0.05) is 6.92 Å². The Morgan fingerprint density at radius 3 is 2.36 bits per heavy atom. The number of nitrogens with one attached hydrogen (secondary N) is 1. The summed E-state index contributed by atoms with van der Waals surface area (Å²) in [6.07, 6.45) is -0.231. The zero-order valence-electron chi connectivity index (χ0n) is 12.5. The standard InChI is InChI=1S/C13H21F2NO5S/c1-3-11(17)8-4-5-10(12(18)16-2)9(6-8)7-13(14,15)22(19,20)21/h8-10H,3-7H2,1-2H3,(H,16,18)(H,19,20,21). The highest BCUT2D eigenvalue weighted by Gasteiger charge is 2.49. The Labute approximate surface area is 128 Å². The van der Waals surface area contributed by atoms with Crippen molar-refractivity contribution in [3.05, 3.63) is 0 Å². The summed E-state index contributed by atoms with van der Waals surface area (Å²) in [5, 5.41) is -1.97. The molecule has 0 bridgehead atoms. The second-order valence-electron chi connectivity index (χ2n) is 5.63. The minimum Gasteiger partial charge on any atom is -0.359 e. The first-order valence-corrected chi connectivity index (χ1v) is 8.56. The molecule has 1 rings (SSSR count). The van der Waals surface area contributed by atoms with Gasteiger partial charge in [-0.25, -0.2) is 0 Å². The molecular formula is C13H21F2NO5S. The fourth-order valence-corrected chi connectivity index (χ4v) is 3.44. The van der Waals surface area contributed by atoms with E-state index in [2.05, 4.69) is 5.32 Å². The molecule has 0 aromatic heterocycles. The average Bonchev–Trinajstić information content (AvgIpc) is 2.43. The molecule has 0 saturated heterocycles. The lowest BCUT2D eigenvalue weighted by atomic mass is 9.70. The van der Waals surface area contributed by atoms with E-state index in [1.54, 1.807) is 6.92 Å². The molecule has 1 amide bonds. The van der Waals surface area contributed by atoms with Gasteiger partial charge >= 0.3 is 15.4 Å². The molecule has 3 unspecified atom stereocenters. The number of alkyl halides is 2. The Hall–Kier alpha value is -1.09.